The molecular weight excluding hydrogens is 305 g/mol. The van der Waals surface area contributed by atoms with Crippen LogP contribution in [0.4, 0.5) is 5.95 Å². The number of nitrogen functional groups attached to an aromatic ring is 1. The van der Waals surface area contributed by atoms with Gasteiger partial charge in [0, 0.05) is 0 Å². The Balaban J connectivity index is 2.22. The number of hydrogen-bond donors (Lipinski definition) is 5. The molecule has 0 aliphatic heterocycles. The highest BCUT2D eigenvalue weighted by Gasteiger charge is 2.19. The number of nitrogens with one attached hydrogen (secondary N) is 1. The van der Waals surface area contributed by atoms with Crippen molar-refractivity contribution in [3.8, 4) is 0 Å². The molecule has 11 nitrogen and oxygen atoms in total. The molecule has 2 aromatic heterocycles. The molecule has 116 valence electrons. The molecule has 1 atom stereocenters. The van der Waals surface area contributed by atoms with E-state index in [4.69, 9.17) is 20.3 Å². The zero-order valence-corrected chi connectivity index (χ0v) is 11.6. The SMILES string of the molecule is Nc1nc2ncn(CC(CO)OCP(=O)(O)O)c2c(=O)[nH]1. The van der Waals surface area contributed by atoms with Gasteiger partial charge < -0.3 is 29.9 Å². The summed E-state index contributed by atoms with van der Waals surface area (Å²) in [4.78, 5) is 39.3. The Morgan fingerprint density at radius 1 is 1.52 bits per heavy atom. The third-order valence-corrected chi connectivity index (χ3v) is 3.07. The van der Waals surface area contributed by atoms with E-state index in [0.29, 0.717) is 0 Å². The molecule has 6 N–H and O–H groups in total. The summed E-state index contributed by atoms with van der Waals surface area (Å²) in [5.74, 6) is -0.0748. The summed E-state index contributed by atoms with van der Waals surface area (Å²) in [6, 6.07) is 0. The molecule has 1 unspecified atom stereocenters. The first-order valence-corrected chi connectivity index (χ1v) is 7.57. The lowest BCUT2D eigenvalue weighted by Crippen LogP contribution is -2.26. The fourth-order valence-electron chi connectivity index (χ4n) is 1.73. The Kier molecular flexibility index (Phi) is 4.40. The first-order valence-electron chi connectivity index (χ1n) is 5.78. The molecule has 0 radical (unpaired) electrons. The molecule has 0 fully saturated rings. The lowest BCUT2D eigenvalue weighted by Gasteiger charge is -2.16. The average Bonchev–Trinajstić information content (AvgIpc) is 2.76. The predicted molar refractivity (Wildman–Crippen MR) is 71.4 cm³/mol. The van der Waals surface area contributed by atoms with Crippen LogP contribution >= 0.6 is 7.60 Å². The van der Waals surface area contributed by atoms with E-state index in [2.05, 4.69) is 15.0 Å². The van der Waals surface area contributed by atoms with Gasteiger partial charge in [0.1, 0.15) is 6.35 Å². The fraction of sp³-hybridized carbons (Fsp3) is 0.444. The minimum absolute atomic E-state index is 0.0261. The fourth-order valence-corrected chi connectivity index (χ4v) is 2.13. The Hall–Kier alpha value is -1.78. The number of ether oxygens (including phenoxy) is 1. The van der Waals surface area contributed by atoms with E-state index in [1.165, 1.54) is 10.9 Å². The van der Waals surface area contributed by atoms with Gasteiger partial charge >= 0.3 is 7.60 Å². The number of H-pyrrole nitrogens is 1. The normalized spacial score (nSPS) is 13.7. The molecule has 0 aliphatic carbocycles. The van der Waals surface area contributed by atoms with Gasteiger partial charge in [-0.2, -0.15) is 4.98 Å². The van der Waals surface area contributed by atoms with E-state index in [0.717, 1.165) is 0 Å². The highest BCUT2D eigenvalue weighted by atomic mass is 31.2. The van der Waals surface area contributed by atoms with Crippen LogP contribution in [0.2, 0.25) is 0 Å². The monoisotopic (exact) mass is 319 g/mol. The number of aromatic amines is 1. The number of aromatic nitrogens is 4. The lowest BCUT2D eigenvalue weighted by atomic mass is 10.3. The maximum atomic E-state index is 11.8. The highest BCUT2D eigenvalue weighted by molar-refractivity contribution is 7.51. The second-order valence-electron chi connectivity index (χ2n) is 4.29. The van der Waals surface area contributed by atoms with Crippen molar-refractivity contribution in [3.05, 3.63) is 16.7 Å². The Labute approximate surface area is 117 Å². The van der Waals surface area contributed by atoms with Gasteiger partial charge in [-0.15, -0.1) is 0 Å². The molecule has 0 saturated carbocycles. The summed E-state index contributed by atoms with van der Waals surface area (Å²) in [6.07, 6.45) is -0.436. The number of anilines is 1. The van der Waals surface area contributed by atoms with Crippen LogP contribution in [0.25, 0.3) is 11.2 Å². The van der Waals surface area contributed by atoms with Crippen LogP contribution in [-0.4, -0.2) is 53.5 Å². The predicted octanol–water partition coefficient (Wildman–Crippen LogP) is -1.79. The summed E-state index contributed by atoms with van der Waals surface area (Å²) in [5, 5.41) is 9.17. The van der Waals surface area contributed by atoms with E-state index >= 15 is 0 Å². The van der Waals surface area contributed by atoms with Gasteiger partial charge in [0.25, 0.3) is 5.56 Å². The largest absolute Gasteiger partial charge is 0.394 e. The molecule has 0 aliphatic rings. The maximum Gasteiger partial charge on any atom is 0.350 e. The second kappa shape index (κ2) is 5.92. The number of aliphatic hydroxyl groups is 1. The van der Waals surface area contributed by atoms with Crippen molar-refractivity contribution >= 4 is 24.7 Å². The minimum atomic E-state index is -4.34. The quantitative estimate of drug-likeness (QED) is 0.385. The Morgan fingerprint density at radius 2 is 2.24 bits per heavy atom. The number of rotatable bonds is 6. The zero-order valence-electron chi connectivity index (χ0n) is 10.7. The first-order chi connectivity index (χ1) is 9.80. The molecule has 0 bridgehead atoms. The standard InChI is InChI=1S/C9H14N5O6P/c10-9-12-7-6(8(16)13-9)14(3-11-7)1-5(2-15)20-4-21(17,18)19/h3,5,15H,1-2,4H2,(H2,17,18,19)(H3,10,12,13,16). The molecule has 0 aromatic carbocycles. The van der Waals surface area contributed by atoms with E-state index < -0.39 is 32.2 Å². The van der Waals surface area contributed by atoms with E-state index in [9.17, 15) is 14.5 Å². The van der Waals surface area contributed by atoms with E-state index in [1.807, 2.05) is 0 Å². The molecule has 0 saturated heterocycles. The van der Waals surface area contributed by atoms with Crippen molar-refractivity contribution < 1.29 is 24.2 Å². The number of nitrogens with two attached hydrogens (primary N) is 1. The van der Waals surface area contributed by atoms with Crippen molar-refractivity contribution in [2.75, 3.05) is 18.7 Å². The van der Waals surface area contributed by atoms with E-state index in [-0.39, 0.29) is 23.7 Å². The number of nitrogens with zero attached hydrogens (tertiary/aromatic N) is 3. The van der Waals surface area contributed by atoms with Crippen LogP contribution in [0.1, 0.15) is 0 Å². The topological polar surface area (TPSA) is 177 Å². The van der Waals surface area contributed by atoms with Gasteiger partial charge in [0.2, 0.25) is 5.95 Å². The third kappa shape index (κ3) is 3.86. The van der Waals surface area contributed by atoms with Crippen LogP contribution in [0.15, 0.2) is 11.1 Å². The second-order valence-corrected chi connectivity index (χ2v) is 5.87. The van der Waals surface area contributed by atoms with Crippen LogP contribution in [0, 0.1) is 0 Å². The lowest BCUT2D eigenvalue weighted by molar-refractivity contribution is 0.0203. The van der Waals surface area contributed by atoms with Crippen molar-refractivity contribution in [2.45, 2.75) is 12.6 Å². The number of hydrogen-bond acceptors (Lipinski definition) is 7. The van der Waals surface area contributed by atoms with Gasteiger partial charge in [-0.25, -0.2) is 4.98 Å². The highest BCUT2D eigenvalue weighted by Crippen LogP contribution is 2.34. The molecule has 2 heterocycles. The van der Waals surface area contributed by atoms with Crippen molar-refractivity contribution in [1.29, 1.82) is 0 Å². The van der Waals surface area contributed by atoms with Crippen molar-refractivity contribution in [1.82, 2.24) is 19.5 Å². The number of imidazole rings is 1. The molecule has 2 aromatic rings. The zero-order chi connectivity index (χ0) is 15.6. The molecule has 0 spiro atoms. The van der Waals surface area contributed by atoms with Gasteiger partial charge in [0.15, 0.2) is 11.2 Å². The van der Waals surface area contributed by atoms with E-state index in [1.54, 1.807) is 0 Å². The number of aliphatic hydroxyl groups excluding tert-OH is 1. The third-order valence-electron chi connectivity index (χ3n) is 2.58. The maximum absolute atomic E-state index is 11.8. The van der Waals surface area contributed by atoms with Crippen LogP contribution in [-0.2, 0) is 15.8 Å². The van der Waals surface area contributed by atoms with Crippen molar-refractivity contribution in [3.63, 3.8) is 0 Å². The first kappa shape index (κ1) is 15.6. The van der Waals surface area contributed by atoms with Crippen molar-refractivity contribution in [2.24, 2.45) is 0 Å². The summed E-state index contributed by atoms with van der Waals surface area (Å²) in [6.45, 7) is -0.512. The van der Waals surface area contributed by atoms with Gasteiger partial charge in [-0.3, -0.25) is 14.3 Å². The van der Waals surface area contributed by atoms with Gasteiger partial charge in [-0.05, 0) is 0 Å². The summed E-state index contributed by atoms with van der Waals surface area (Å²) < 4.78 is 17.0. The van der Waals surface area contributed by atoms with Crippen LogP contribution < -0.4 is 11.3 Å². The smallest absolute Gasteiger partial charge is 0.350 e. The summed E-state index contributed by atoms with van der Waals surface area (Å²) in [7, 11) is -4.34. The van der Waals surface area contributed by atoms with Crippen LogP contribution in [0.3, 0.4) is 0 Å². The van der Waals surface area contributed by atoms with Gasteiger partial charge in [-0.1, -0.05) is 0 Å². The minimum Gasteiger partial charge on any atom is -0.394 e. The Bertz CT molecular complexity index is 736. The molecule has 12 heteroatoms. The molecular formula is C9H14N5O6P. The Morgan fingerprint density at radius 3 is 2.86 bits per heavy atom. The molecule has 21 heavy (non-hydrogen) atoms. The molecule has 2 rings (SSSR count). The summed E-state index contributed by atoms with van der Waals surface area (Å²) >= 11 is 0. The van der Waals surface area contributed by atoms with Crippen LogP contribution in [0.5, 0.6) is 0 Å². The average molecular weight is 319 g/mol. The van der Waals surface area contributed by atoms with Gasteiger partial charge in [0.05, 0.1) is 25.6 Å². The molecule has 0 amide bonds. The number of fused-ring (bicyclic) bond motifs is 1. The summed E-state index contributed by atoms with van der Waals surface area (Å²) in [5.41, 5.74) is 5.13.